The van der Waals surface area contributed by atoms with Gasteiger partial charge >= 0.3 is 0 Å². The molecule has 4 aromatic rings. The molecule has 0 saturated heterocycles. The first-order chi connectivity index (χ1) is 13.0. The number of aromatic nitrogens is 1. The van der Waals surface area contributed by atoms with E-state index in [0.29, 0.717) is 22.3 Å². The number of fused-ring (bicyclic) bond motifs is 1. The van der Waals surface area contributed by atoms with Crippen LogP contribution in [-0.4, -0.2) is 9.68 Å². The SMILES string of the molecule is O=C(S)c1c(-c2ccccc2)c2cc(Cl)ccc2n1Cc1ccc(Cl)cc1. The van der Waals surface area contributed by atoms with Crippen LogP contribution in [0.2, 0.25) is 10.0 Å². The molecule has 2 nitrogen and oxygen atoms in total. The third-order valence-electron chi connectivity index (χ3n) is 4.54. The van der Waals surface area contributed by atoms with Crippen molar-refractivity contribution in [3.05, 3.63) is 94.1 Å². The van der Waals surface area contributed by atoms with Gasteiger partial charge in [0.1, 0.15) is 5.69 Å². The highest BCUT2D eigenvalue weighted by molar-refractivity contribution is 7.97. The summed E-state index contributed by atoms with van der Waals surface area (Å²) in [4.78, 5) is 12.5. The summed E-state index contributed by atoms with van der Waals surface area (Å²) in [5, 5.41) is 1.95. The molecule has 1 aromatic heterocycles. The van der Waals surface area contributed by atoms with E-state index in [0.717, 1.165) is 27.6 Å². The van der Waals surface area contributed by atoms with Crippen molar-refractivity contribution in [3.8, 4) is 11.1 Å². The van der Waals surface area contributed by atoms with Gasteiger partial charge < -0.3 is 4.57 Å². The Morgan fingerprint density at radius 1 is 0.889 bits per heavy atom. The molecule has 0 aliphatic carbocycles. The number of rotatable bonds is 4. The summed E-state index contributed by atoms with van der Waals surface area (Å²) in [5.41, 5.74) is 4.34. The number of hydrogen-bond donors (Lipinski definition) is 1. The molecule has 3 aromatic carbocycles. The fraction of sp³-hybridized carbons (Fsp3) is 0.0455. The first-order valence-corrected chi connectivity index (χ1v) is 9.60. The topological polar surface area (TPSA) is 22.0 Å². The lowest BCUT2D eigenvalue weighted by Gasteiger charge is -2.10. The Balaban J connectivity index is 2.01. The van der Waals surface area contributed by atoms with Gasteiger partial charge in [-0.1, -0.05) is 78.3 Å². The third-order valence-corrected chi connectivity index (χ3v) is 5.24. The van der Waals surface area contributed by atoms with Gasteiger partial charge in [-0.25, -0.2) is 0 Å². The first-order valence-electron chi connectivity index (χ1n) is 8.39. The van der Waals surface area contributed by atoms with E-state index in [9.17, 15) is 4.79 Å². The normalized spacial score (nSPS) is 11.1. The minimum absolute atomic E-state index is 0.282. The van der Waals surface area contributed by atoms with Crippen molar-refractivity contribution in [2.24, 2.45) is 0 Å². The molecule has 0 amide bonds. The third kappa shape index (κ3) is 3.51. The van der Waals surface area contributed by atoms with Crippen molar-refractivity contribution in [1.29, 1.82) is 0 Å². The summed E-state index contributed by atoms with van der Waals surface area (Å²) in [6, 6.07) is 23.1. The van der Waals surface area contributed by atoms with Crippen molar-refractivity contribution in [1.82, 2.24) is 4.57 Å². The largest absolute Gasteiger partial charge is 0.332 e. The van der Waals surface area contributed by atoms with Gasteiger partial charge in [0, 0.05) is 33.1 Å². The van der Waals surface area contributed by atoms with Crippen LogP contribution in [0.1, 0.15) is 16.1 Å². The molecular weight excluding hydrogens is 397 g/mol. The molecule has 0 spiro atoms. The molecule has 0 aliphatic rings. The van der Waals surface area contributed by atoms with Gasteiger partial charge in [0.2, 0.25) is 5.12 Å². The maximum Gasteiger partial charge on any atom is 0.233 e. The smallest absolute Gasteiger partial charge is 0.233 e. The van der Waals surface area contributed by atoms with E-state index in [1.807, 2.05) is 77.4 Å². The summed E-state index contributed by atoms with van der Waals surface area (Å²) < 4.78 is 1.99. The molecule has 5 heteroatoms. The molecule has 134 valence electrons. The van der Waals surface area contributed by atoms with Crippen molar-refractivity contribution < 1.29 is 4.79 Å². The molecule has 0 aliphatic heterocycles. The predicted octanol–water partition coefficient (Wildman–Crippen LogP) is 6.73. The summed E-state index contributed by atoms with van der Waals surface area (Å²) in [7, 11) is 0. The predicted molar refractivity (Wildman–Crippen MR) is 116 cm³/mol. The minimum atomic E-state index is -0.282. The molecule has 0 atom stereocenters. The van der Waals surface area contributed by atoms with E-state index < -0.39 is 0 Å². The molecule has 0 saturated carbocycles. The summed E-state index contributed by atoms with van der Waals surface area (Å²) in [6.07, 6.45) is 0. The van der Waals surface area contributed by atoms with Crippen LogP contribution in [0.25, 0.3) is 22.0 Å². The molecule has 0 fully saturated rings. The van der Waals surface area contributed by atoms with Gasteiger partial charge in [-0.3, -0.25) is 4.79 Å². The Morgan fingerprint density at radius 3 is 2.22 bits per heavy atom. The van der Waals surface area contributed by atoms with Crippen LogP contribution in [0.4, 0.5) is 0 Å². The zero-order valence-corrected chi connectivity index (χ0v) is 16.6. The van der Waals surface area contributed by atoms with Crippen LogP contribution >= 0.6 is 35.8 Å². The number of nitrogens with zero attached hydrogens (tertiary/aromatic N) is 1. The van der Waals surface area contributed by atoms with E-state index in [4.69, 9.17) is 23.2 Å². The lowest BCUT2D eigenvalue weighted by molar-refractivity contribution is 0.108. The molecular formula is C22H15Cl2NOS. The second-order valence-electron chi connectivity index (χ2n) is 6.27. The van der Waals surface area contributed by atoms with E-state index in [1.54, 1.807) is 0 Å². The highest BCUT2D eigenvalue weighted by atomic mass is 35.5. The Hall–Kier alpha value is -2.20. The molecule has 0 bridgehead atoms. The number of hydrogen-bond acceptors (Lipinski definition) is 1. The summed E-state index contributed by atoms with van der Waals surface area (Å²) in [5.74, 6) is 0. The molecule has 27 heavy (non-hydrogen) atoms. The van der Waals surface area contributed by atoms with Crippen molar-refractivity contribution >= 4 is 51.8 Å². The molecule has 0 N–H and O–H groups in total. The quantitative estimate of drug-likeness (QED) is 0.369. The fourth-order valence-electron chi connectivity index (χ4n) is 3.38. The average molecular weight is 412 g/mol. The maximum absolute atomic E-state index is 12.5. The monoisotopic (exact) mass is 411 g/mol. The Morgan fingerprint density at radius 2 is 1.56 bits per heavy atom. The fourth-order valence-corrected chi connectivity index (χ4v) is 3.91. The van der Waals surface area contributed by atoms with E-state index in [1.165, 1.54) is 0 Å². The van der Waals surface area contributed by atoms with Crippen LogP contribution < -0.4 is 0 Å². The lowest BCUT2D eigenvalue weighted by Crippen LogP contribution is -2.07. The van der Waals surface area contributed by atoms with Crippen molar-refractivity contribution in [3.63, 3.8) is 0 Å². The number of halogens is 2. The number of carbonyl (C=O) groups is 1. The molecule has 1 heterocycles. The second kappa shape index (κ2) is 7.43. The number of benzene rings is 3. The van der Waals surface area contributed by atoms with Gasteiger partial charge in [-0.05, 0) is 41.5 Å². The Kier molecular flexibility index (Phi) is 5.00. The van der Waals surface area contributed by atoms with Crippen LogP contribution in [0.5, 0.6) is 0 Å². The zero-order chi connectivity index (χ0) is 19.0. The minimum Gasteiger partial charge on any atom is -0.332 e. The van der Waals surface area contributed by atoms with Crippen molar-refractivity contribution in [2.45, 2.75) is 6.54 Å². The van der Waals surface area contributed by atoms with Gasteiger partial charge in [-0.2, -0.15) is 0 Å². The number of carbonyl (C=O) groups excluding carboxylic acids is 1. The van der Waals surface area contributed by atoms with Gasteiger partial charge in [0.05, 0.1) is 0 Å². The van der Waals surface area contributed by atoms with E-state index >= 15 is 0 Å². The van der Waals surface area contributed by atoms with Crippen LogP contribution in [0, 0.1) is 0 Å². The zero-order valence-electron chi connectivity index (χ0n) is 14.2. The molecule has 0 unspecified atom stereocenters. The van der Waals surface area contributed by atoms with Crippen LogP contribution in [-0.2, 0) is 6.54 Å². The second-order valence-corrected chi connectivity index (χ2v) is 7.55. The first kappa shape index (κ1) is 18.2. The van der Waals surface area contributed by atoms with Gasteiger partial charge in [0.25, 0.3) is 0 Å². The van der Waals surface area contributed by atoms with Crippen LogP contribution in [0.15, 0.2) is 72.8 Å². The van der Waals surface area contributed by atoms with E-state index in [-0.39, 0.29) is 5.12 Å². The van der Waals surface area contributed by atoms with Gasteiger partial charge in [0.15, 0.2) is 0 Å². The number of thiol groups is 1. The molecule has 4 rings (SSSR count). The summed E-state index contributed by atoms with van der Waals surface area (Å²) >= 11 is 16.5. The Bertz CT molecular complexity index is 1130. The average Bonchev–Trinajstić information content (AvgIpc) is 2.98. The standard InChI is InChI=1S/C22H15Cl2NOS/c23-16-8-6-14(7-9-16)13-25-19-11-10-17(24)12-18(19)20(21(25)22(26)27)15-4-2-1-3-5-15/h1-12H,13H2,(H,26,27). The highest BCUT2D eigenvalue weighted by Gasteiger charge is 2.22. The Labute approximate surface area is 172 Å². The van der Waals surface area contributed by atoms with Crippen molar-refractivity contribution in [2.75, 3.05) is 0 Å². The highest BCUT2D eigenvalue weighted by Crippen LogP contribution is 2.37. The maximum atomic E-state index is 12.5. The van der Waals surface area contributed by atoms with E-state index in [2.05, 4.69) is 12.6 Å². The lowest BCUT2D eigenvalue weighted by atomic mass is 10.0. The van der Waals surface area contributed by atoms with Crippen LogP contribution in [0.3, 0.4) is 0 Å². The van der Waals surface area contributed by atoms with Gasteiger partial charge in [-0.15, -0.1) is 0 Å². The molecule has 0 radical (unpaired) electrons. The summed E-state index contributed by atoms with van der Waals surface area (Å²) in [6.45, 7) is 0.532.